The Morgan fingerprint density at radius 2 is 2.10 bits per heavy atom. The molecule has 1 N–H and O–H groups in total. The first-order valence-electron chi connectivity index (χ1n) is 6.13. The third-order valence-electron chi connectivity index (χ3n) is 2.50. The van der Waals surface area contributed by atoms with Crippen molar-refractivity contribution in [2.45, 2.75) is 13.3 Å². The number of hydrogen-bond donors (Lipinski definition) is 1. The van der Waals surface area contributed by atoms with Crippen molar-refractivity contribution >= 4 is 17.5 Å². The lowest BCUT2D eigenvalue weighted by atomic mass is 10.2. The zero-order valence-electron chi connectivity index (χ0n) is 11.2. The van der Waals surface area contributed by atoms with E-state index in [1.807, 2.05) is 6.92 Å². The second kappa shape index (κ2) is 6.47. The minimum absolute atomic E-state index is 0.175. The van der Waals surface area contributed by atoms with Gasteiger partial charge in [-0.25, -0.2) is 4.39 Å². The summed E-state index contributed by atoms with van der Waals surface area (Å²) in [7, 11) is 1.47. The number of halogens is 2. The number of ether oxygens (including phenoxy) is 1. The van der Waals surface area contributed by atoms with Crippen LogP contribution >= 0.6 is 11.6 Å². The summed E-state index contributed by atoms with van der Waals surface area (Å²) in [5.41, 5.74) is 0.522. The van der Waals surface area contributed by atoms with Crippen molar-refractivity contribution in [1.29, 1.82) is 0 Å². The van der Waals surface area contributed by atoms with E-state index >= 15 is 0 Å². The number of nitrogens with zero attached hydrogens (tertiary/aromatic N) is 3. The van der Waals surface area contributed by atoms with Crippen LogP contribution < -0.4 is 10.1 Å². The highest BCUT2D eigenvalue weighted by atomic mass is 35.5. The number of benzene rings is 1. The fourth-order valence-corrected chi connectivity index (χ4v) is 1.81. The van der Waals surface area contributed by atoms with E-state index in [-0.39, 0.29) is 11.0 Å². The molecule has 1 aromatic heterocycles. The van der Waals surface area contributed by atoms with Crippen LogP contribution in [0.2, 0.25) is 5.02 Å². The van der Waals surface area contributed by atoms with Crippen LogP contribution in [-0.2, 0) is 0 Å². The molecule has 0 aliphatic rings. The molecule has 1 aromatic carbocycles. The molecule has 2 rings (SSSR count). The molecule has 0 fully saturated rings. The van der Waals surface area contributed by atoms with Gasteiger partial charge in [0.05, 0.1) is 12.1 Å². The van der Waals surface area contributed by atoms with Crippen molar-refractivity contribution in [1.82, 2.24) is 15.0 Å². The molecular weight excluding hydrogens is 283 g/mol. The Balaban J connectivity index is 2.44. The minimum Gasteiger partial charge on any atom is -0.467 e. The fraction of sp³-hybridized carbons (Fsp3) is 0.308. The standard InChI is InChI=1S/C13H14ClFN4O/c1-3-6-16-12-17-11(18-13(19-12)20-2)9-5-4-8(15)7-10(9)14/h4-5,7H,3,6H2,1-2H3,(H,16,17,18,19). The SMILES string of the molecule is CCCNc1nc(OC)nc(-c2ccc(F)cc2Cl)n1. The molecule has 5 nitrogen and oxygen atoms in total. The van der Waals surface area contributed by atoms with Crippen molar-refractivity contribution in [3.05, 3.63) is 29.0 Å². The highest BCUT2D eigenvalue weighted by molar-refractivity contribution is 6.33. The van der Waals surface area contributed by atoms with Gasteiger partial charge < -0.3 is 10.1 Å². The van der Waals surface area contributed by atoms with Crippen LogP contribution in [0.15, 0.2) is 18.2 Å². The van der Waals surface area contributed by atoms with Gasteiger partial charge in [0.1, 0.15) is 5.82 Å². The van der Waals surface area contributed by atoms with E-state index in [9.17, 15) is 4.39 Å². The topological polar surface area (TPSA) is 59.9 Å². The van der Waals surface area contributed by atoms with Crippen molar-refractivity contribution < 1.29 is 9.13 Å². The van der Waals surface area contributed by atoms with Crippen LogP contribution in [0.5, 0.6) is 6.01 Å². The van der Waals surface area contributed by atoms with Gasteiger partial charge in [-0.05, 0) is 24.6 Å². The molecule has 0 bridgehead atoms. The maximum absolute atomic E-state index is 13.1. The smallest absolute Gasteiger partial charge is 0.321 e. The Kier molecular flexibility index (Phi) is 4.68. The van der Waals surface area contributed by atoms with Gasteiger partial charge in [0.25, 0.3) is 0 Å². The van der Waals surface area contributed by atoms with Crippen LogP contribution in [0.3, 0.4) is 0 Å². The monoisotopic (exact) mass is 296 g/mol. The molecule has 0 amide bonds. The van der Waals surface area contributed by atoms with Gasteiger partial charge in [0.2, 0.25) is 5.95 Å². The summed E-state index contributed by atoms with van der Waals surface area (Å²) in [6, 6.07) is 4.22. The summed E-state index contributed by atoms with van der Waals surface area (Å²) in [5, 5.41) is 3.29. The Bertz CT molecular complexity index is 609. The molecule has 1 heterocycles. The molecule has 0 aliphatic heterocycles. The Morgan fingerprint density at radius 3 is 2.75 bits per heavy atom. The highest BCUT2D eigenvalue weighted by Crippen LogP contribution is 2.27. The Hall–Kier alpha value is -1.95. The third-order valence-corrected chi connectivity index (χ3v) is 2.82. The maximum atomic E-state index is 13.1. The lowest BCUT2D eigenvalue weighted by Gasteiger charge is -2.08. The summed E-state index contributed by atoms with van der Waals surface area (Å²) >= 11 is 6.01. The third kappa shape index (κ3) is 3.33. The van der Waals surface area contributed by atoms with E-state index in [2.05, 4.69) is 20.3 Å². The summed E-state index contributed by atoms with van der Waals surface area (Å²) in [6.07, 6.45) is 0.931. The van der Waals surface area contributed by atoms with Crippen molar-refractivity contribution in [3.63, 3.8) is 0 Å². The first-order valence-corrected chi connectivity index (χ1v) is 6.51. The van der Waals surface area contributed by atoms with Crippen molar-refractivity contribution in [3.8, 4) is 17.4 Å². The quantitative estimate of drug-likeness (QED) is 0.918. The molecule has 0 radical (unpaired) electrons. The number of rotatable bonds is 5. The van der Waals surface area contributed by atoms with E-state index in [1.165, 1.54) is 25.3 Å². The Labute approximate surface area is 121 Å². The molecule has 2 aromatic rings. The number of aromatic nitrogens is 3. The van der Waals surface area contributed by atoms with Gasteiger partial charge in [-0.3, -0.25) is 0 Å². The maximum Gasteiger partial charge on any atom is 0.321 e. The summed E-state index contributed by atoms with van der Waals surface area (Å²) in [5.74, 6) is 0.318. The molecular formula is C13H14ClFN4O. The predicted molar refractivity (Wildman–Crippen MR) is 75.6 cm³/mol. The molecule has 0 saturated heterocycles. The highest BCUT2D eigenvalue weighted by Gasteiger charge is 2.12. The molecule has 0 saturated carbocycles. The lowest BCUT2D eigenvalue weighted by Crippen LogP contribution is -2.07. The largest absolute Gasteiger partial charge is 0.467 e. The van der Waals surface area contributed by atoms with Crippen molar-refractivity contribution in [2.24, 2.45) is 0 Å². The van der Waals surface area contributed by atoms with Gasteiger partial charge in [0.15, 0.2) is 5.82 Å². The first kappa shape index (κ1) is 14.5. The number of hydrogen-bond acceptors (Lipinski definition) is 5. The van der Waals surface area contributed by atoms with E-state index in [0.29, 0.717) is 17.3 Å². The molecule has 0 spiro atoms. The normalized spacial score (nSPS) is 10.4. The van der Waals surface area contributed by atoms with E-state index in [1.54, 1.807) is 0 Å². The number of nitrogens with one attached hydrogen (secondary N) is 1. The van der Waals surface area contributed by atoms with Gasteiger partial charge in [-0.1, -0.05) is 18.5 Å². The van der Waals surface area contributed by atoms with E-state index in [4.69, 9.17) is 16.3 Å². The molecule has 0 unspecified atom stereocenters. The van der Waals surface area contributed by atoms with Gasteiger partial charge in [-0.15, -0.1) is 0 Å². The summed E-state index contributed by atoms with van der Waals surface area (Å²) < 4.78 is 18.1. The van der Waals surface area contributed by atoms with Crippen LogP contribution in [-0.4, -0.2) is 28.6 Å². The molecule has 20 heavy (non-hydrogen) atoms. The molecule has 0 atom stereocenters. The van der Waals surface area contributed by atoms with E-state index in [0.717, 1.165) is 13.0 Å². The van der Waals surface area contributed by atoms with Crippen LogP contribution in [0.25, 0.3) is 11.4 Å². The van der Waals surface area contributed by atoms with Gasteiger partial charge >= 0.3 is 6.01 Å². The number of anilines is 1. The second-order valence-electron chi connectivity index (χ2n) is 4.02. The van der Waals surface area contributed by atoms with Crippen LogP contribution in [0.4, 0.5) is 10.3 Å². The zero-order valence-corrected chi connectivity index (χ0v) is 11.9. The average molecular weight is 297 g/mol. The van der Waals surface area contributed by atoms with Gasteiger partial charge in [-0.2, -0.15) is 15.0 Å². The first-order chi connectivity index (χ1) is 9.63. The molecule has 7 heteroatoms. The van der Waals surface area contributed by atoms with Crippen molar-refractivity contribution in [2.75, 3.05) is 19.0 Å². The molecule has 106 valence electrons. The Morgan fingerprint density at radius 1 is 1.30 bits per heavy atom. The minimum atomic E-state index is -0.413. The lowest BCUT2D eigenvalue weighted by molar-refractivity contribution is 0.379. The summed E-state index contributed by atoms with van der Waals surface area (Å²) in [6.45, 7) is 2.76. The van der Waals surface area contributed by atoms with Crippen LogP contribution in [0, 0.1) is 5.82 Å². The fourth-order valence-electron chi connectivity index (χ4n) is 1.55. The van der Waals surface area contributed by atoms with Crippen LogP contribution in [0.1, 0.15) is 13.3 Å². The molecule has 0 aliphatic carbocycles. The predicted octanol–water partition coefficient (Wildman–Crippen LogP) is 3.16. The average Bonchev–Trinajstić information content (AvgIpc) is 2.44. The van der Waals surface area contributed by atoms with E-state index < -0.39 is 5.82 Å². The number of methoxy groups -OCH3 is 1. The second-order valence-corrected chi connectivity index (χ2v) is 4.43. The summed E-state index contributed by atoms with van der Waals surface area (Å²) in [4.78, 5) is 12.5. The van der Waals surface area contributed by atoms with Gasteiger partial charge in [0, 0.05) is 12.1 Å². The zero-order chi connectivity index (χ0) is 14.5.